The average Bonchev–Trinajstić information content (AvgIpc) is 2.47. The fourth-order valence-corrected chi connectivity index (χ4v) is 2.33. The van der Waals surface area contributed by atoms with Crippen LogP contribution in [-0.2, 0) is 9.53 Å². The molecule has 0 N–H and O–H groups in total. The molecule has 0 aliphatic carbocycles. The van der Waals surface area contributed by atoms with Crippen molar-refractivity contribution < 1.29 is 9.53 Å². The maximum Gasteiger partial charge on any atom is 0.322 e. The Kier molecular flexibility index (Phi) is 4.20. The molecule has 1 aliphatic rings. The number of hydrogen-bond donors (Lipinski definition) is 0. The van der Waals surface area contributed by atoms with Crippen molar-refractivity contribution in [2.75, 3.05) is 38.2 Å². The molecule has 0 aromatic heterocycles. The number of nitrogens with zero attached hydrogens (tertiary/aromatic N) is 2. The van der Waals surface area contributed by atoms with Crippen LogP contribution in [0.2, 0.25) is 0 Å². The van der Waals surface area contributed by atoms with E-state index in [0.29, 0.717) is 0 Å². The zero-order chi connectivity index (χ0) is 13.0. The van der Waals surface area contributed by atoms with Crippen molar-refractivity contribution in [3.05, 3.63) is 30.3 Å². The van der Waals surface area contributed by atoms with E-state index in [1.54, 1.807) is 0 Å². The van der Waals surface area contributed by atoms with E-state index in [2.05, 4.69) is 34.1 Å². The summed E-state index contributed by atoms with van der Waals surface area (Å²) in [7, 11) is 1.44. The zero-order valence-corrected chi connectivity index (χ0v) is 11.0. The van der Waals surface area contributed by atoms with Gasteiger partial charge in [0, 0.05) is 31.9 Å². The van der Waals surface area contributed by atoms with Crippen LogP contribution in [0.3, 0.4) is 0 Å². The Labute approximate surface area is 108 Å². The number of carbonyl (C=O) groups excluding carboxylic acids is 1. The lowest BCUT2D eigenvalue weighted by molar-refractivity contribution is -0.146. The Balaban J connectivity index is 1.90. The predicted octanol–water partition coefficient (Wildman–Crippen LogP) is 1.37. The summed E-state index contributed by atoms with van der Waals surface area (Å²) in [6, 6.07) is 10.2. The summed E-state index contributed by atoms with van der Waals surface area (Å²) in [5.41, 5.74) is 1.25. The molecule has 0 saturated carbocycles. The second-order valence-corrected chi connectivity index (χ2v) is 4.56. The third kappa shape index (κ3) is 2.82. The molecule has 0 spiro atoms. The van der Waals surface area contributed by atoms with Crippen LogP contribution in [0.5, 0.6) is 0 Å². The summed E-state index contributed by atoms with van der Waals surface area (Å²) in [5, 5.41) is 0. The summed E-state index contributed by atoms with van der Waals surface area (Å²) in [6.45, 7) is 5.59. The second kappa shape index (κ2) is 5.87. The fraction of sp³-hybridized carbons (Fsp3) is 0.500. The Hall–Kier alpha value is -1.55. The van der Waals surface area contributed by atoms with Gasteiger partial charge in [-0.3, -0.25) is 9.69 Å². The molecular weight excluding hydrogens is 228 g/mol. The normalized spacial score (nSPS) is 18.4. The van der Waals surface area contributed by atoms with Crippen molar-refractivity contribution in [3.8, 4) is 0 Å². The minimum Gasteiger partial charge on any atom is -0.468 e. The summed E-state index contributed by atoms with van der Waals surface area (Å²) in [5.74, 6) is -0.150. The van der Waals surface area contributed by atoms with Crippen LogP contribution in [0.25, 0.3) is 0 Å². The lowest BCUT2D eigenvalue weighted by atomic mass is 10.2. The number of carbonyl (C=O) groups is 1. The smallest absolute Gasteiger partial charge is 0.322 e. The Morgan fingerprint density at radius 1 is 1.17 bits per heavy atom. The molecule has 98 valence electrons. The van der Waals surface area contributed by atoms with Crippen molar-refractivity contribution in [2.24, 2.45) is 0 Å². The fourth-order valence-electron chi connectivity index (χ4n) is 2.33. The standard InChI is InChI=1S/C14H20N2O2/c1-12(14(17)18-2)15-8-10-16(11-9-15)13-6-4-3-5-7-13/h3-7,12H,8-11H2,1-2H3. The van der Waals surface area contributed by atoms with Crippen molar-refractivity contribution in [1.82, 2.24) is 4.90 Å². The largest absolute Gasteiger partial charge is 0.468 e. The van der Waals surface area contributed by atoms with Gasteiger partial charge in [0.05, 0.1) is 7.11 Å². The third-order valence-corrected chi connectivity index (χ3v) is 3.53. The van der Waals surface area contributed by atoms with Crippen molar-refractivity contribution in [1.29, 1.82) is 0 Å². The zero-order valence-electron chi connectivity index (χ0n) is 11.0. The van der Waals surface area contributed by atoms with Crippen LogP contribution in [-0.4, -0.2) is 50.2 Å². The monoisotopic (exact) mass is 248 g/mol. The van der Waals surface area contributed by atoms with Gasteiger partial charge in [-0.1, -0.05) is 18.2 Å². The molecule has 1 unspecified atom stereocenters. The van der Waals surface area contributed by atoms with Crippen molar-refractivity contribution in [2.45, 2.75) is 13.0 Å². The SMILES string of the molecule is COC(=O)C(C)N1CCN(c2ccccc2)CC1. The van der Waals surface area contributed by atoms with E-state index in [1.807, 2.05) is 13.0 Å². The Bertz CT molecular complexity index is 386. The van der Waals surface area contributed by atoms with Crippen molar-refractivity contribution >= 4 is 11.7 Å². The second-order valence-electron chi connectivity index (χ2n) is 4.56. The van der Waals surface area contributed by atoms with E-state index in [4.69, 9.17) is 4.74 Å². The number of para-hydroxylation sites is 1. The molecular formula is C14H20N2O2. The highest BCUT2D eigenvalue weighted by molar-refractivity contribution is 5.75. The number of hydrogen-bond acceptors (Lipinski definition) is 4. The maximum absolute atomic E-state index is 11.5. The first-order valence-electron chi connectivity index (χ1n) is 6.34. The lowest BCUT2D eigenvalue weighted by Crippen LogP contribution is -2.52. The highest BCUT2D eigenvalue weighted by atomic mass is 16.5. The average molecular weight is 248 g/mol. The minimum atomic E-state index is -0.150. The summed E-state index contributed by atoms with van der Waals surface area (Å²) >= 11 is 0. The highest BCUT2D eigenvalue weighted by Gasteiger charge is 2.25. The molecule has 2 rings (SSSR count). The highest BCUT2D eigenvalue weighted by Crippen LogP contribution is 2.16. The van der Waals surface area contributed by atoms with Crippen LogP contribution < -0.4 is 4.90 Å². The van der Waals surface area contributed by atoms with Gasteiger partial charge in [0.1, 0.15) is 6.04 Å². The molecule has 1 aromatic rings. The summed E-state index contributed by atoms with van der Waals surface area (Å²) in [6.07, 6.45) is 0. The number of ether oxygens (including phenoxy) is 1. The molecule has 1 fully saturated rings. The van der Waals surface area contributed by atoms with Gasteiger partial charge >= 0.3 is 5.97 Å². The minimum absolute atomic E-state index is 0.145. The quantitative estimate of drug-likeness (QED) is 0.756. The number of esters is 1. The molecule has 0 bridgehead atoms. The van der Waals surface area contributed by atoms with Gasteiger partial charge in [-0.25, -0.2) is 0 Å². The van der Waals surface area contributed by atoms with E-state index in [0.717, 1.165) is 26.2 Å². The Morgan fingerprint density at radius 2 is 1.78 bits per heavy atom. The van der Waals surface area contributed by atoms with Crippen LogP contribution in [0.15, 0.2) is 30.3 Å². The number of rotatable bonds is 3. The van der Waals surface area contributed by atoms with Crippen molar-refractivity contribution in [3.63, 3.8) is 0 Å². The number of piperazine rings is 1. The van der Waals surface area contributed by atoms with Gasteiger partial charge < -0.3 is 9.64 Å². The molecule has 1 saturated heterocycles. The first-order chi connectivity index (χ1) is 8.72. The molecule has 4 heteroatoms. The molecule has 1 heterocycles. The molecule has 1 atom stereocenters. The number of benzene rings is 1. The first-order valence-corrected chi connectivity index (χ1v) is 6.34. The van der Waals surface area contributed by atoms with Gasteiger partial charge in [0.25, 0.3) is 0 Å². The van der Waals surface area contributed by atoms with E-state index in [1.165, 1.54) is 12.8 Å². The van der Waals surface area contributed by atoms with E-state index >= 15 is 0 Å². The van der Waals surface area contributed by atoms with E-state index in [9.17, 15) is 4.79 Å². The van der Waals surface area contributed by atoms with Gasteiger partial charge in [0.2, 0.25) is 0 Å². The topological polar surface area (TPSA) is 32.8 Å². The molecule has 0 radical (unpaired) electrons. The van der Waals surface area contributed by atoms with Crippen LogP contribution in [0, 0.1) is 0 Å². The van der Waals surface area contributed by atoms with E-state index in [-0.39, 0.29) is 12.0 Å². The molecule has 0 amide bonds. The maximum atomic E-state index is 11.5. The number of methoxy groups -OCH3 is 1. The van der Waals surface area contributed by atoms with Gasteiger partial charge in [-0.05, 0) is 19.1 Å². The summed E-state index contributed by atoms with van der Waals surface area (Å²) in [4.78, 5) is 16.0. The first kappa shape index (κ1) is 12.9. The third-order valence-electron chi connectivity index (χ3n) is 3.53. The lowest BCUT2D eigenvalue weighted by Gasteiger charge is -2.38. The van der Waals surface area contributed by atoms with Gasteiger partial charge in [-0.15, -0.1) is 0 Å². The molecule has 1 aliphatic heterocycles. The van der Waals surface area contributed by atoms with Crippen LogP contribution in [0.4, 0.5) is 5.69 Å². The molecule has 18 heavy (non-hydrogen) atoms. The summed E-state index contributed by atoms with van der Waals surface area (Å²) < 4.78 is 4.78. The van der Waals surface area contributed by atoms with E-state index < -0.39 is 0 Å². The van der Waals surface area contributed by atoms with Crippen LogP contribution in [0.1, 0.15) is 6.92 Å². The van der Waals surface area contributed by atoms with Crippen LogP contribution >= 0.6 is 0 Å². The van der Waals surface area contributed by atoms with Gasteiger partial charge in [0.15, 0.2) is 0 Å². The molecule has 4 nitrogen and oxygen atoms in total. The number of anilines is 1. The molecule has 1 aromatic carbocycles. The Morgan fingerprint density at radius 3 is 2.33 bits per heavy atom. The van der Waals surface area contributed by atoms with Gasteiger partial charge in [-0.2, -0.15) is 0 Å². The predicted molar refractivity (Wildman–Crippen MR) is 71.7 cm³/mol.